The molecule has 0 aliphatic rings. The summed E-state index contributed by atoms with van der Waals surface area (Å²) in [6.45, 7) is 3.47. The first-order valence-electron chi connectivity index (χ1n) is 10.4. The van der Waals surface area contributed by atoms with Gasteiger partial charge in [0.25, 0.3) is 5.91 Å². The molecule has 0 fully saturated rings. The molecule has 3 aromatic heterocycles. The largest absolute Gasteiger partial charge is 0.494 e. The van der Waals surface area contributed by atoms with Crippen molar-refractivity contribution in [3.05, 3.63) is 56.1 Å². The number of nitrogens with zero attached hydrogens (tertiary/aromatic N) is 4. The molecule has 2 N–H and O–H groups in total. The number of halogens is 3. The quantitative estimate of drug-likeness (QED) is 0.221. The lowest BCUT2D eigenvalue weighted by Gasteiger charge is -2.16. The molecule has 8 nitrogen and oxygen atoms in total. The number of rotatable bonds is 9. The third-order valence-corrected chi connectivity index (χ3v) is 8.00. The summed E-state index contributed by atoms with van der Waals surface area (Å²) in [7, 11) is 1.50. The first-order valence-corrected chi connectivity index (χ1v) is 12.8. The van der Waals surface area contributed by atoms with E-state index in [1.165, 1.54) is 24.8 Å². The van der Waals surface area contributed by atoms with Crippen molar-refractivity contribution < 1.29 is 9.53 Å². The Kier molecular flexibility index (Phi) is 7.92. The topological polar surface area (TPSA) is 94.0 Å². The Hall–Kier alpha value is -2.40. The number of aromatic nitrogens is 4. The predicted octanol–water partition coefficient (Wildman–Crippen LogP) is 6.42. The second-order valence-electron chi connectivity index (χ2n) is 7.41. The summed E-state index contributed by atoms with van der Waals surface area (Å²) in [4.78, 5) is 25.9. The molecule has 3 heterocycles. The van der Waals surface area contributed by atoms with E-state index in [0.29, 0.717) is 37.7 Å². The van der Waals surface area contributed by atoms with E-state index < -0.39 is 0 Å². The molecule has 0 unspecified atom stereocenters. The Bertz CT molecular complexity index is 1330. The number of amides is 1. The van der Waals surface area contributed by atoms with Gasteiger partial charge >= 0.3 is 0 Å². The summed E-state index contributed by atoms with van der Waals surface area (Å²) in [5, 5.41) is 8.48. The van der Waals surface area contributed by atoms with Crippen LogP contribution < -0.4 is 15.4 Å². The van der Waals surface area contributed by atoms with Crippen LogP contribution in [0, 0.1) is 6.92 Å². The van der Waals surface area contributed by atoms with Crippen LogP contribution in [0.15, 0.2) is 34.9 Å². The van der Waals surface area contributed by atoms with E-state index in [-0.39, 0.29) is 16.6 Å². The number of methoxy groups -OCH3 is 1. The van der Waals surface area contributed by atoms with Gasteiger partial charge in [-0.15, -0.1) is 11.3 Å². The van der Waals surface area contributed by atoms with Crippen molar-refractivity contribution in [1.82, 2.24) is 19.5 Å². The number of carbonyl (C=O) groups is 1. The minimum absolute atomic E-state index is 0.213. The average Bonchev–Trinajstić information content (AvgIpc) is 3.51. The predicted molar refractivity (Wildman–Crippen MR) is 141 cm³/mol. The lowest BCUT2D eigenvalue weighted by Crippen LogP contribution is -2.13. The summed E-state index contributed by atoms with van der Waals surface area (Å²) in [5.41, 5.74) is 1.97. The highest BCUT2D eigenvalue weighted by Gasteiger charge is 2.23. The van der Waals surface area contributed by atoms with Crippen LogP contribution in [0.3, 0.4) is 0 Å². The summed E-state index contributed by atoms with van der Waals surface area (Å²) in [5.74, 6) is 0.730. The van der Waals surface area contributed by atoms with Gasteiger partial charge in [0.1, 0.15) is 17.2 Å². The van der Waals surface area contributed by atoms with Crippen LogP contribution in [-0.4, -0.2) is 39.1 Å². The SMILES string of the molecule is COc1c(Cl)c(NC(=O)c2csc3c(NCCCCn4ccnc4)ncnc23)c(Cl)c(C)c1Br. The van der Waals surface area contributed by atoms with Crippen LogP contribution >= 0.6 is 50.5 Å². The molecule has 4 rings (SSSR count). The molecule has 34 heavy (non-hydrogen) atoms. The number of fused-ring (bicyclic) bond motifs is 1. The van der Waals surface area contributed by atoms with Gasteiger partial charge < -0.3 is 19.9 Å². The number of hydrogen-bond donors (Lipinski definition) is 2. The molecule has 178 valence electrons. The summed E-state index contributed by atoms with van der Waals surface area (Å²) in [6, 6.07) is 0. The summed E-state index contributed by atoms with van der Waals surface area (Å²) >= 11 is 17.8. The first kappa shape index (κ1) is 24.7. The van der Waals surface area contributed by atoms with Gasteiger partial charge in [0.15, 0.2) is 5.75 Å². The Morgan fingerprint density at radius 2 is 2.09 bits per heavy atom. The fraction of sp³-hybridized carbons (Fsp3) is 0.273. The zero-order valence-electron chi connectivity index (χ0n) is 18.4. The fourth-order valence-corrected chi connectivity index (χ4v) is 5.76. The lowest BCUT2D eigenvalue weighted by atomic mass is 10.2. The molecule has 0 spiro atoms. The minimum Gasteiger partial charge on any atom is -0.494 e. The van der Waals surface area contributed by atoms with E-state index in [0.717, 1.165) is 30.6 Å². The summed E-state index contributed by atoms with van der Waals surface area (Å²) < 4.78 is 8.86. The zero-order valence-corrected chi connectivity index (χ0v) is 22.3. The molecule has 0 radical (unpaired) electrons. The van der Waals surface area contributed by atoms with Crippen LogP contribution in [0.5, 0.6) is 5.75 Å². The molecule has 0 aliphatic heterocycles. The van der Waals surface area contributed by atoms with Crippen LogP contribution in [0.1, 0.15) is 28.8 Å². The Balaban J connectivity index is 1.49. The van der Waals surface area contributed by atoms with Crippen molar-refractivity contribution in [3.63, 3.8) is 0 Å². The highest BCUT2D eigenvalue weighted by atomic mass is 79.9. The van der Waals surface area contributed by atoms with Crippen LogP contribution in [0.4, 0.5) is 11.5 Å². The molecule has 4 aromatic rings. The van der Waals surface area contributed by atoms with Gasteiger partial charge in [0.05, 0.1) is 44.4 Å². The summed E-state index contributed by atoms with van der Waals surface area (Å²) in [6.07, 6.45) is 8.96. The third kappa shape index (κ3) is 5.00. The Labute approximate surface area is 218 Å². The van der Waals surface area contributed by atoms with Gasteiger partial charge in [0.2, 0.25) is 0 Å². The maximum Gasteiger partial charge on any atom is 0.258 e. The molecule has 0 saturated carbocycles. The lowest BCUT2D eigenvalue weighted by molar-refractivity contribution is 0.102. The molecule has 1 amide bonds. The third-order valence-electron chi connectivity index (χ3n) is 5.23. The number of anilines is 2. The smallest absolute Gasteiger partial charge is 0.258 e. The van der Waals surface area contributed by atoms with Gasteiger partial charge in [-0.25, -0.2) is 15.0 Å². The second-order valence-corrected chi connectivity index (χ2v) is 9.84. The van der Waals surface area contributed by atoms with E-state index >= 15 is 0 Å². The maximum atomic E-state index is 13.2. The van der Waals surface area contributed by atoms with E-state index in [1.54, 1.807) is 11.6 Å². The zero-order chi connectivity index (χ0) is 24.2. The number of unbranched alkanes of at least 4 members (excludes halogenated alkanes) is 1. The van der Waals surface area contributed by atoms with Crippen molar-refractivity contribution in [3.8, 4) is 5.75 Å². The van der Waals surface area contributed by atoms with Gasteiger partial charge in [-0.3, -0.25) is 4.79 Å². The van der Waals surface area contributed by atoms with Crippen molar-refractivity contribution in [2.75, 3.05) is 24.3 Å². The molecule has 0 atom stereocenters. The number of carbonyl (C=O) groups excluding carboxylic acids is 1. The van der Waals surface area contributed by atoms with Crippen molar-refractivity contribution in [2.24, 2.45) is 0 Å². The van der Waals surface area contributed by atoms with Crippen LogP contribution in [-0.2, 0) is 6.54 Å². The molecule has 1 aromatic carbocycles. The van der Waals surface area contributed by atoms with Gasteiger partial charge in [0, 0.05) is 30.9 Å². The molecular formula is C22H21BrCl2N6O2S. The number of nitrogens with one attached hydrogen (secondary N) is 2. The maximum absolute atomic E-state index is 13.2. The standard InChI is InChI=1S/C22H21BrCl2N6O2S/c1-12-14(23)19(33-2)16(25)18(15(12)24)30-22(32)13-9-34-20-17(13)28-10-29-21(20)27-5-3-4-7-31-8-6-26-11-31/h6,8-11H,3-5,7H2,1-2H3,(H,30,32)(H,27,28,29). The number of benzene rings is 1. The normalized spacial score (nSPS) is 11.1. The highest BCUT2D eigenvalue weighted by molar-refractivity contribution is 9.10. The van der Waals surface area contributed by atoms with Gasteiger partial charge in [-0.05, 0) is 41.3 Å². The van der Waals surface area contributed by atoms with E-state index in [2.05, 4.69) is 41.5 Å². The van der Waals surface area contributed by atoms with Crippen LogP contribution in [0.25, 0.3) is 10.2 Å². The minimum atomic E-state index is -0.371. The number of thiophene rings is 1. The van der Waals surface area contributed by atoms with E-state index in [1.807, 2.05) is 24.0 Å². The molecule has 0 aliphatic carbocycles. The molecule has 0 saturated heterocycles. The van der Waals surface area contributed by atoms with Crippen molar-refractivity contribution in [1.29, 1.82) is 0 Å². The van der Waals surface area contributed by atoms with Crippen molar-refractivity contribution in [2.45, 2.75) is 26.3 Å². The van der Waals surface area contributed by atoms with Gasteiger partial charge in [-0.1, -0.05) is 23.2 Å². The van der Waals surface area contributed by atoms with E-state index in [9.17, 15) is 4.79 Å². The van der Waals surface area contributed by atoms with Crippen LogP contribution in [0.2, 0.25) is 10.0 Å². The Morgan fingerprint density at radius 1 is 1.26 bits per heavy atom. The fourth-order valence-electron chi connectivity index (χ4n) is 3.41. The second kappa shape index (κ2) is 10.9. The molecular weight excluding hydrogens is 563 g/mol. The van der Waals surface area contributed by atoms with Crippen molar-refractivity contribution >= 4 is 78.1 Å². The molecule has 0 bridgehead atoms. The first-order chi connectivity index (χ1) is 16.4. The van der Waals surface area contributed by atoms with E-state index in [4.69, 9.17) is 27.9 Å². The number of imidazole rings is 1. The number of ether oxygens (including phenoxy) is 1. The Morgan fingerprint density at radius 3 is 2.82 bits per heavy atom. The van der Waals surface area contributed by atoms with Gasteiger partial charge in [-0.2, -0.15) is 0 Å². The monoisotopic (exact) mass is 582 g/mol. The number of hydrogen-bond acceptors (Lipinski definition) is 7. The average molecular weight is 584 g/mol. The molecule has 12 heteroatoms. The number of aryl methyl sites for hydroxylation is 1. The highest BCUT2D eigenvalue weighted by Crippen LogP contribution is 2.46.